The van der Waals surface area contributed by atoms with Crippen LogP contribution in [-0.2, 0) is 29.1 Å². The maximum absolute atomic E-state index is 13.9. The lowest BCUT2D eigenvalue weighted by molar-refractivity contribution is -0.129. The zero-order chi connectivity index (χ0) is 28.4. The minimum atomic E-state index is -0.852. The van der Waals surface area contributed by atoms with E-state index in [0.29, 0.717) is 12.2 Å². The number of hydrogen-bond acceptors (Lipinski definition) is 4. The summed E-state index contributed by atoms with van der Waals surface area (Å²) in [5, 5.41) is 15.5. The van der Waals surface area contributed by atoms with Crippen LogP contribution in [0.5, 0.6) is 5.75 Å². The number of carbonyl (C=O) groups is 2. The number of carbonyl (C=O) groups excluding carboxylic acids is 2. The van der Waals surface area contributed by atoms with Gasteiger partial charge in [-0.1, -0.05) is 103 Å². The molecule has 5 aromatic rings. The molecular weight excluding hydrogens is 512 g/mol. The van der Waals surface area contributed by atoms with Crippen molar-refractivity contribution >= 4 is 11.8 Å². The monoisotopic (exact) mass is 544 g/mol. The van der Waals surface area contributed by atoms with E-state index in [1.54, 1.807) is 30.6 Å². The second-order valence-electron chi connectivity index (χ2n) is 9.93. The molecule has 1 aromatic heterocycles. The van der Waals surface area contributed by atoms with Crippen molar-refractivity contribution in [2.45, 2.75) is 31.5 Å². The average molecular weight is 545 g/mol. The summed E-state index contributed by atoms with van der Waals surface area (Å²) in [6.07, 6.45) is 3.88. The van der Waals surface area contributed by atoms with Crippen LogP contribution in [0, 0.1) is 0 Å². The Kier molecular flexibility index (Phi) is 8.86. The second-order valence-corrected chi connectivity index (χ2v) is 9.93. The van der Waals surface area contributed by atoms with Crippen molar-refractivity contribution in [2.75, 3.05) is 0 Å². The van der Waals surface area contributed by atoms with E-state index in [1.165, 1.54) is 0 Å². The van der Waals surface area contributed by atoms with Gasteiger partial charge < -0.3 is 20.3 Å². The van der Waals surface area contributed by atoms with Crippen LogP contribution >= 0.6 is 0 Å². The first-order valence-corrected chi connectivity index (χ1v) is 13.6. The lowest BCUT2D eigenvalue weighted by atomic mass is 9.90. The summed E-state index contributed by atoms with van der Waals surface area (Å²) in [6.45, 7) is 0.913. The summed E-state index contributed by atoms with van der Waals surface area (Å²) in [5.41, 5.74) is 4.35. The quantitative estimate of drug-likeness (QED) is 0.222. The van der Waals surface area contributed by atoms with Gasteiger partial charge in [0.1, 0.15) is 11.8 Å². The van der Waals surface area contributed by atoms with Crippen LogP contribution in [0.3, 0.4) is 0 Å². The minimum Gasteiger partial charge on any atom is -0.508 e. The molecule has 5 rings (SSSR count). The van der Waals surface area contributed by atoms with Crippen molar-refractivity contribution in [3.05, 3.63) is 156 Å². The van der Waals surface area contributed by atoms with E-state index in [-0.39, 0.29) is 30.5 Å². The number of imidazole rings is 1. The molecular formula is C34H32N4O3. The zero-order valence-corrected chi connectivity index (χ0v) is 22.6. The second kappa shape index (κ2) is 13.3. The Morgan fingerprint density at radius 2 is 1.32 bits per heavy atom. The van der Waals surface area contributed by atoms with Crippen LogP contribution in [0.2, 0.25) is 0 Å². The van der Waals surface area contributed by atoms with Crippen LogP contribution in [0.25, 0.3) is 0 Å². The molecule has 0 spiro atoms. The van der Waals surface area contributed by atoms with E-state index in [2.05, 4.69) is 15.6 Å². The molecule has 0 aliphatic rings. The molecule has 4 aromatic carbocycles. The highest BCUT2D eigenvalue weighted by molar-refractivity contribution is 5.92. The van der Waals surface area contributed by atoms with Crippen molar-refractivity contribution in [2.24, 2.45) is 0 Å². The van der Waals surface area contributed by atoms with Crippen LogP contribution < -0.4 is 10.6 Å². The van der Waals surface area contributed by atoms with Gasteiger partial charge in [0.05, 0.1) is 17.9 Å². The maximum Gasteiger partial charge on any atom is 0.243 e. The molecule has 7 heteroatoms. The Hall–Kier alpha value is -5.17. The summed E-state index contributed by atoms with van der Waals surface area (Å²) in [4.78, 5) is 31.9. The number of nitrogens with one attached hydrogen (secondary N) is 2. The Labute approximate surface area is 239 Å². The van der Waals surface area contributed by atoms with Gasteiger partial charge in [0.15, 0.2) is 0 Å². The fraction of sp³-hybridized carbons (Fsp3) is 0.147. The summed E-state index contributed by atoms with van der Waals surface area (Å²) < 4.78 is 1.97. The molecule has 206 valence electrons. The molecule has 1 atom stereocenters. The third kappa shape index (κ3) is 7.48. The molecule has 7 nitrogen and oxygen atoms in total. The Bertz CT molecular complexity index is 1510. The molecule has 0 bridgehead atoms. The molecule has 41 heavy (non-hydrogen) atoms. The lowest BCUT2D eigenvalue weighted by Crippen LogP contribution is -2.49. The molecule has 2 amide bonds. The van der Waals surface area contributed by atoms with Gasteiger partial charge in [0, 0.05) is 25.7 Å². The third-order valence-corrected chi connectivity index (χ3v) is 6.87. The molecule has 0 saturated carbocycles. The molecule has 0 unspecified atom stereocenters. The number of benzene rings is 4. The predicted octanol–water partition coefficient (Wildman–Crippen LogP) is 4.81. The van der Waals surface area contributed by atoms with E-state index in [1.807, 2.05) is 102 Å². The van der Waals surface area contributed by atoms with E-state index in [9.17, 15) is 14.7 Å². The predicted molar refractivity (Wildman–Crippen MR) is 158 cm³/mol. The normalized spacial score (nSPS) is 11.6. The first-order chi connectivity index (χ1) is 20.0. The van der Waals surface area contributed by atoms with Gasteiger partial charge in [-0.05, 0) is 34.4 Å². The van der Waals surface area contributed by atoms with E-state index < -0.39 is 12.0 Å². The molecule has 0 aliphatic heterocycles. The number of phenolic OH excluding ortho intramolecular Hbond substituents is 1. The lowest BCUT2D eigenvalue weighted by Gasteiger charge is -2.23. The van der Waals surface area contributed by atoms with Crippen LogP contribution in [0.1, 0.15) is 33.9 Å². The van der Waals surface area contributed by atoms with Crippen LogP contribution in [0.4, 0.5) is 0 Å². The summed E-state index contributed by atoms with van der Waals surface area (Å²) in [6, 6.07) is 35.0. The largest absolute Gasteiger partial charge is 0.508 e. The zero-order valence-electron chi connectivity index (χ0n) is 22.6. The molecule has 0 radical (unpaired) electrons. The standard InChI is InChI=1S/C34H32N4O3/c39-30-18-16-25(17-19-30)21-35-33(40)31(20-29-23-38(24-36-29)22-26-10-4-1-5-11-26)37-34(41)32(27-12-6-2-7-13-27)28-14-8-3-9-15-28/h1-19,23-24,31-32,39H,20-22H2,(H,35,40)(H,37,41)/t31-/m1/s1. The fourth-order valence-electron chi connectivity index (χ4n) is 4.78. The highest BCUT2D eigenvalue weighted by Crippen LogP contribution is 2.25. The van der Waals surface area contributed by atoms with Crippen molar-refractivity contribution < 1.29 is 14.7 Å². The van der Waals surface area contributed by atoms with Gasteiger partial charge >= 0.3 is 0 Å². The molecule has 1 heterocycles. The topological polar surface area (TPSA) is 96.2 Å². The van der Waals surface area contributed by atoms with Crippen LogP contribution in [0.15, 0.2) is 128 Å². The Morgan fingerprint density at radius 3 is 1.93 bits per heavy atom. The Balaban J connectivity index is 1.37. The third-order valence-electron chi connectivity index (χ3n) is 6.87. The van der Waals surface area contributed by atoms with Gasteiger partial charge in [-0.15, -0.1) is 0 Å². The van der Waals surface area contributed by atoms with Gasteiger partial charge in [-0.25, -0.2) is 4.98 Å². The van der Waals surface area contributed by atoms with Crippen LogP contribution in [-0.4, -0.2) is 32.5 Å². The first kappa shape index (κ1) is 27.4. The summed E-state index contributed by atoms with van der Waals surface area (Å²) in [5.74, 6) is -1.01. The number of phenols is 1. The van der Waals surface area contributed by atoms with Gasteiger partial charge in [0.2, 0.25) is 11.8 Å². The minimum absolute atomic E-state index is 0.157. The van der Waals surface area contributed by atoms with Crippen molar-refractivity contribution in [3.63, 3.8) is 0 Å². The number of nitrogens with zero attached hydrogens (tertiary/aromatic N) is 2. The number of rotatable bonds is 11. The molecule has 0 fully saturated rings. The first-order valence-electron chi connectivity index (χ1n) is 13.6. The fourth-order valence-corrected chi connectivity index (χ4v) is 4.78. The number of aromatic hydroxyl groups is 1. The number of aromatic nitrogens is 2. The molecule has 0 aliphatic carbocycles. The smallest absolute Gasteiger partial charge is 0.243 e. The average Bonchev–Trinajstić information content (AvgIpc) is 3.44. The molecule has 3 N–H and O–H groups in total. The highest BCUT2D eigenvalue weighted by atomic mass is 16.3. The van der Waals surface area contributed by atoms with Gasteiger partial charge in [-0.3, -0.25) is 9.59 Å². The van der Waals surface area contributed by atoms with E-state index in [4.69, 9.17) is 0 Å². The van der Waals surface area contributed by atoms with Crippen molar-refractivity contribution in [1.82, 2.24) is 20.2 Å². The highest BCUT2D eigenvalue weighted by Gasteiger charge is 2.28. The van der Waals surface area contributed by atoms with Crippen molar-refractivity contribution in [3.8, 4) is 5.75 Å². The summed E-state index contributed by atoms with van der Waals surface area (Å²) >= 11 is 0. The SMILES string of the molecule is O=C(N[C@H](Cc1cn(Cc2ccccc2)cn1)C(=O)NCc1ccc(O)cc1)C(c1ccccc1)c1ccccc1. The summed E-state index contributed by atoms with van der Waals surface area (Å²) in [7, 11) is 0. The van der Waals surface area contributed by atoms with E-state index in [0.717, 1.165) is 22.3 Å². The number of amides is 2. The number of hydrogen-bond donors (Lipinski definition) is 3. The Morgan fingerprint density at radius 1 is 0.732 bits per heavy atom. The van der Waals surface area contributed by atoms with Gasteiger partial charge in [-0.2, -0.15) is 0 Å². The van der Waals surface area contributed by atoms with E-state index >= 15 is 0 Å². The van der Waals surface area contributed by atoms with Gasteiger partial charge in [0.25, 0.3) is 0 Å². The van der Waals surface area contributed by atoms with Crippen molar-refractivity contribution in [1.29, 1.82) is 0 Å². The maximum atomic E-state index is 13.9. The molecule has 0 saturated heterocycles.